The van der Waals surface area contributed by atoms with E-state index >= 15 is 0 Å². The highest BCUT2D eigenvalue weighted by molar-refractivity contribution is 6.02. The minimum absolute atomic E-state index is 0.0782. The van der Waals surface area contributed by atoms with Crippen LogP contribution in [-0.4, -0.2) is 33.4 Å². The molecule has 1 aromatic carbocycles. The van der Waals surface area contributed by atoms with Gasteiger partial charge in [0, 0.05) is 23.9 Å². The van der Waals surface area contributed by atoms with Crippen molar-refractivity contribution in [2.24, 2.45) is 10.9 Å². The van der Waals surface area contributed by atoms with Crippen molar-refractivity contribution >= 4 is 22.7 Å². The molecule has 0 amide bonds. The predicted octanol–water partition coefficient (Wildman–Crippen LogP) is 1.78. The van der Waals surface area contributed by atoms with Gasteiger partial charge in [-0.3, -0.25) is 9.48 Å². The Balaban J connectivity index is 2.17. The molecular formula is C15H20N4O3. The quantitative estimate of drug-likeness (QED) is 0.278. The Morgan fingerprint density at radius 2 is 2.27 bits per heavy atom. The Hall–Kier alpha value is -2.57. The molecule has 0 unspecified atom stereocenters. The van der Waals surface area contributed by atoms with Gasteiger partial charge in [-0.15, -0.1) is 0 Å². The third-order valence-corrected chi connectivity index (χ3v) is 3.54. The van der Waals surface area contributed by atoms with Gasteiger partial charge in [-0.1, -0.05) is 5.16 Å². The van der Waals surface area contributed by atoms with Gasteiger partial charge in [0.15, 0.2) is 5.84 Å². The van der Waals surface area contributed by atoms with Crippen LogP contribution in [0.25, 0.3) is 10.9 Å². The van der Waals surface area contributed by atoms with E-state index in [-0.39, 0.29) is 11.8 Å². The average molecular weight is 304 g/mol. The first-order valence-corrected chi connectivity index (χ1v) is 7.17. The maximum atomic E-state index is 11.3. The molecule has 0 radical (unpaired) electrons. The zero-order valence-electron chi connectivity index (χ0n) is 12.7. The van der Waals surface area contributed by atoms with Crippen LogP contribution in [0.4, 0.5) is 0 Å². The number of carbonyl (C=O) groups is 1. The first-order chi connectivity index (χ1) is 10.6. The fraction of sp³-hybridized carbons (Fsp3) is 0.400. The summed E-state index contributed by atoms with van der Waals surface area (Å²) < 4.78 is 6.75. The van der Waals surface area contributed by atoms with Gasteiger partial charge < -0.3 is 15.7 Å². The van der Waals surface area contributed by atoms with Gasteiger partial charge in [0.25, 0.3) is 0 Å². The van der Waals surface area contributed by atoms with E-state index in [0.717, 1.165) is 16.5 Å². The third kappa shape index (κ3) is 3.19. The number of hydrogen-bond acceptors (Lipinski definition) is 5. The molecule has 0 saturated heterocycles. The fourth-order valence-corrected chi connectivity index (χ4v) is 2.41. The lowest BCUT2D eigenvalue weighted by atomic mass is 10.0. The van der Waals surface area contributed by atoms with Gasteiger partial charge >= 0.3 is 5.97 Å². The molecule has 0 aliphatic carbocycles. The normalized spacial score (nSPS) is 11.8. The highest BCUT2D eigenvalue weighted by Crippen LogP contribution is 2.22. The lowest BCUT2D eigenvalue weighted by molar-refractivity contribution is -0.143. The minimum Gasteiger partial charge on any atom is -0.466 e. The summed E-state index contributed by atoms with van der Waals surface area (Å²) in [5.41, 5.74) is 8.20. The number of amidine groups is 1. The number of aromatic nitrogens is 2. The van der Waals surface area contributed by atoms with E-state index in [1.165, 1.54) is 0 Å². The standard InChI is InChI=1S/C15H20N4O3/c1-3-22-14(20)5-4-8-19-13-7-6-11(15(16)18-21)10(2)12(13)9-17-19/h6-7,9,21H,3-5,8H2,1-2H3,(H2,16,18). The molecule has 7 heteroatoms. The molecule has 1 heterocycles. The SMILES string of the molecule is CCOC(=O)CCCn1ncc2c(C)c(C(N)=NO)ccc21. The smallest absolute Gasteiger partial charge is 0.305 e. The van der Waals surface area contributed by atoms with Crippen molar-refractivity contribution in [3.05, 3.63) is 29.5 Å². The van der Waals surface area contributed by atoms with Crippen LogP contribution < -0.4 is 5.73 Å². The van der Waals surface area contributed by atoms with Crippen LogP contribution in [0.15, 0.2) is 23.5 Å². The second-order valence-corrected chi connectivity index (χ2v) is 4.93. The van der Waals surface area contributed by atoms with Crippen LogP contribution in [-0.2, 0) is 16.1 Å². The molecule has 0 aliphatic heterocycles. The molecule has 0 fully saturated rings. The molecule has 0 saturated carbocycles. The van der Waals surface area contributed by atoms with Crippen LogP contribution >= 0.6 is 0 Å². The molecular weight excluding hydrogens is 284 g/mol. The van der Waals surface area contributed by atoms with Gasteiger partial charge in [0.1, 0.15) is 0 Å². The maximum absolute atomic E-state index is 11.3. The van der Waals surface area contributed by atoms with Crippen molar-refractivity contribution in [1.29, 1.82) is 0 Å². The lowest BCUT2D eigenvalue weighted by Crippen LogP contribution is -2.14. The van der Waals surface area contributed by atoms with Crippen molar-refractivity contribution in [1.82, 2.24) is 9.78 Å². The summed E-state index contributed by atoms with van der Waals surface area (Å²) in [6, 6.07) is 3.68. The van der Waals surface area contributed by atoms with Gasteiger partial charge in [-0.25, -0.2) is 0 Å². The Labute approximate surface area is 128 Å². The first kappa shape index (κ1) is 15.8. The van der Waals surface area contributed by atoms with Crippen molar-refractivity contribution in [2.45, 2.75) is 33.2 Å². The van der Waals surface area contributed by atoms with Crippen molar-refractivity contribution < 1.29 is 14.7 Å². The van der Waals surface area contributed by atoms with Gasteiger partial charge in [0.2, 0.25) is 0 Å². The van der Waals surface area contributed by atoms with Crippen molar-refractivity contribution in [3.8, 4) is 0 Å². The van der Waals surface area contributed by atoms with Crippen LogP contribution in [0.2, 0.25) is 0 Å². The molecule has 1 aromatic heterocycles. The summed E-state index contributed by atoms with van der Waals surface area (Å²) in [5.74, 6) is -0.112. The predicted molar refractivity (Wildman–Crippen MR) is 82.8 cm³/mol. The van der Waals surface area contributed by atoms with E-state index < -0.39 is 0 Å². The number of hydrogen-bond donors (Lipinski definition) is 2. The summed E-state index contributed by atoms with van der Waals surface area (Å²) in [7, 11) is 0. The zero-order chi connectivity index (χ0) is 16.1. The number of nitrogens with zero attached hydrogens (tertiary/aromatic N) is 3. The lowest BCUT2D eigenvalue weighted by Gasteiger charge is -2.07. The van der Waals surface area contributed by atoms with E-state index in [1.54, 1.807) is 19.2 Å². The van der Waals surface area contributed by atoms with E-state index in [9.17, 15) is 4.79 Å². The summed E-state index contributed by atoms with van der Waals surface area (Å²) in [4.78, 5) is 11.3. The zero-order valence-corrected chi connectivity index (χ0v) is 12.7. The van der Waals surface area contributed by atoms with Crippen molar-refractivity contribution in [3.63, 3.8) is 0 Å². The van der Waals surface area contributed by atoms with Crippen LogP contribution in [0.3, 0.4) is 0 Å². The molecule has 22 heavy (non-hydrogen) atoms. The number of carbonyl (C=O) groups excluding carboxylic acids is 1. The van der Waals surface area contributed by atoms with Crippen molar-refractivity contribution in [2.75, 3.05) is 6.61 Å². The van der Waals surface area contributed by atoms with E-state index in [0.29, 0.717) is 31.6 Å². The Bertz CT molecular complexity index is 706. The number of oxime groups is 1. The first-order valence-electron chi connectivity index (χ1n) is 7.17. The van der Waals surface area contributed by atoms with Gasteiger partial charge in [0.05, 0.1) is 18.3 Å². The molecule has 3 N–H and O–H groups in total. The monoisotopic (exact) mass is 304 g/mol. The van der Waals surface area contributed by atoms with E-state index in [2.05, 4.69) is 10.3 Å². The highest BCUT2D eigenvalue weighted by Gasteiger charge is 2.11. The Kier molecular flexibility index (Phi) is 4.98. The van der Waals surface area contributed by atoms with E-state index in [4.69, 9.17) is 15.7 Å². The Morgan fingerprint density at radius 3 is 2.95 bits per heavy atom. The number of fused-ring (bicyclic) bond motifs is 1. The second kappa shape index (κ2) is 6.93. The summed E-state index contributed by atoms with van der Waals surface area (Å²) >= 11 is 0. The van der Waals surface area contributed by atoms with E-state index in [1.807, 2.05) is 17.7 Å². The van der Waals surface area contributed by atoms with Crippen LogP contribution in [0.1, 0.15) is 30.9 Å². The number of esters is 1. The summed E-state index contributed by atoms with van der Waals surface area (Å²) in [5, 5.41) is 17.1. The maximum Gasteiger partial charge on any atom is 0.305 e. The largest absolute Gasteiger partial charge is 0.466 e. The molecule has 0 aliphatic rings. The number of benzene rings is 1. The topological polar surface area (TPSA) is 103 Å². The van der Waals surface area contributed by atoms with Crippen LogP contribution in [0, 0.1) is 6.92 Å². The third-order valence-electron chi connectivity index (χ3n) is 3.54. The highest BCUT2D eigenvalue weighted by atomic mass is 16.5. The fourth-order valence-electron chi connectivity index (χ4n) is 2.41. The summed E-state index contributed by atoms with van der Waals surface area (Å²) in [6.07, 6.45) is 2.79. The number of rotatable bonds is 6. The minimum atomic E-state index is -0.190. The summed E-state index contributed by atoms with van der Waals surface area (Å²) in [6.45, 7) is 4.73. The van der Waals surface area contributed by atoms with Crippen LogP contribution in [0.5, 0.6) is 0 Å². The molecule has 7 nitrogen and oxygen atoms in total. The molecule has 0 bridgehead atoms. The number of nitrogens with two attached hydrogens (primary N) is 1. The van der Waals surface area contributed by atoms with Gasteiger partial charge in [-0.05, 0) is 38.0 Å². The molecule has 118 valence electrons. The molecule has 0 atom stereocenters. The molecule has 0 spiro atoms. The Morgan fingerprint density at radius 1 is 1.50 bits per heavy atom. The molecule has 2 rings (SSSR count). The second-order valence-electron chi connectivity index (χ2n) is 4.93. The van der Waals surface area contributed by atoms with Gasteiger partial charge in [-0.2, -0.15) is 5.10 Å². The number of ether oxygens (including phenoxy) is 1. The molecule has 2 aromatic rings. The average Bonchev–Trinajstić information content (AvgIpc) is 2.91. The number of aryl methyl sites for hydroxylation is 2.